The highest BCUT2D eigenvalue weighted by atomic mass is 32.2. The number of benzene rings is 4. The lowest BCUT2D eigenvalue weighted by Gasteiger charge is -2.38. The summed E-state index contributed by atoms with van der Waals surface area (Å²) >= 11 is 3.32. The molecule has 1 unspecified atom stereocenters. The summed E-state index contributed by atoms with van der Waals surface area (Å²) < 4.78 is 4.20. The molecule has 1 spiro atoms. The van der Waals surface area contributed by atoms with Gasteiger partial charge in [-0.3, -0.25) is 0 Å². The molecule has 2 heterocycles. The second-order valence-corrected chi connectivity index (χ2v) is 12.3. The SMILES string of the molecule is CCOC(=O)C1=NN(c2ccccc2)C2(S1)SC(c1ccccc1C)(c1ccccc1C)c1ccccc12. The van der Waals surface area contributed by atoms with Crippen molar-refractivity contribution in [2.24, 2.45) is 5.10 Å². The lowest BCUT2D eigenvalue weighted by molar-refractivity contribution is -0.134. The van der Waals surface area contributed by atoms with Gasteiger partial charge in [0.25, 0.3) is 0 Å². The molecule has 2 aliphatic rings. The Morgan fingerprint density at radius 3 is 1.87 bits per heavy atom. The van der Waals surface area contributed by atoms with Gasteiger partial charge < -0.3 is 4.74 Å². The van der Waals surface area contributed by atoms with Crippen molar-refractivity contribution in [2.45, 2.75) is 29.7 Å². The maximum atomic E-state index is 13.1. The van der Waals surface area contributed by atoms with Gasteiger partial charge in [0.1, 0.15) is 0 Å². The van der Waals surface area contributed by atoms with E-state index in [1.165, 1.54) is 39.6 Å². The van der Waals surface area contributed by atoms with Crippen LogP contribution in [0.25, 0.3) is 0 Å². The quantitative estimate of drug-likeness (QED) is 0.246. The molecular formula is C32H28N2O2S2. The van der Waals surface area contributed by atoms with Gasteiger partial charge in [0.15, 0.2) is 4.20 Å². The number of nitrogens with zero attached hydrogens (tertiary/aromatic N) is 2. The van der Waals surface area contributed by atoms with Crippen molar-refractivity contribution < 1.29 is 9.53 Å². The molecule has 0 fully saturated rings. The van der Waals surface area contributed by atoms with E-state index in [0.717, 1.165) is 11.3 Å². The number of esters is 1. The molecule has 0 N–H and O–H groups in total. The number of anilines is 1. The Kier molecular flexibility index (Phi) is 6.33. The molecule has 4 nitrogen and oxygen atoms in total. The van der Waals surface area contributed by atoms with E-state index < -0.39 is 14.9 Å². The molecule has 4 aromatic carbocycles. The topological polar surface area (TPSA) is 41.9 Å². The summed E-state index contributed by atoms with van der Waals surface area (Å²) in [5, 5.41) is 7.31. The Morgan fingerprint density at radius 2 is 1.29 bits per heavy atom. The number of fused-ring (bicyclic) bond motifs is 2. The first-order valence-corrected chi connectivity index (χ1v) is 14.4. The Bertz CT molecular complexity index is 1510. The second-order valence-electron chi connectivity index (χ2n) is 9.42. The number of para-hydroxylation sites is 1. The molecule has 6 heteroatoms. The molecule has 0 saturated heterocycles. The van der Waals surface area contributed by atoms with E-state index in [4.69, 9.17) is 9.84 Å². The standard InChI is InChI=1S/C32H28N2O2S2/c1-4-36-30(35)29-33-34(24-16-6-5-7-17-24)32(37-29)28-21-13-12-20-27(28)31(38-32,25-18-10-8-14-22(25)2)26-19-11-9-15-23(26)3/h5-21H,4H2,1-3H3. The van der Waals surface area contributed by atoms with Gasteiger partial charge in [-0.25, -0.2) is 9.80 Å². The summed E-state index contributed by atoms with van der Waals surface area (Å²) in [7, 11) is 0. The molecule has 0 aromatic heterocycles. The Hall–Kier alpha value is -3.48. The number of carbonyl (C=O) groups is 1. The van der Waals surface area contributed by atoms with Crippen LogP contribution in [0.4, 0.5) is 5.69 Å². The molecule has 2 aliphatic heterocycles. The van der Waals surface area contributed by atoms with E-state index >= 15 is 0 Å². The Balaban J connectivity index is 1.66. The van der Waals surface area contributed by atoms with Gasteiger partial charge in [0.05, 0.1) is 17.0 Å². The highest BCUT2D eigenvalue weighted by Gasteiger charge is 2.62. The van der Waals surface area contributed by atoms with E-state index in [1.54, 1.807) is 0 Å². The van der Waals surface area contributed by atoms with Gasteiger partial charge in [0.2, 0.25) is 5.04 Å². The number of thioether (sulfide) groups is 2. The zero-order chi connectivity index (χ0) is 26.3. The van der Waals surface area contributed by atoms with Crippen molar-refractivity contribution in [2.75, 3.05) is 11.6 Å². The minimum absolute atomic E-state index is 0.302. The molecule has 1 atom stereocenters. The predicted octanol–water partition coefficient (Wildman–Crippen LogP) is 7.58. The molecule has 4 aromatic rings. The number of ether oxygens (including phenoxy) is 1. The van der Waals surface area contributed by atoms with Gasteiger partial charge in [-0.15, -0.1) is 0 Å². The largest absolute Gasteiger partial charge is 0.461 e. The van der Waals surface area contributed by atoms with Gasteiger partial charge in [-0.2, -0.15) is 5.10 Å². The molecule has 0 bridgehead atoms. The number of carbonyl (C=O) groups excluding carboxylic acids is 1. The van der Waals surface area contributed by atoms with E-state index in [0.29, 0.717) is 11.7 Å². The zero-order valence-corrected chi connectivity index (χ0v) is 23.2. The van der Waals surface area contributed by atoms with E-state index in [-0.39, 0.29) is 0 Å². The maximum absolute atomic E-state index is 13.1. The molecule has 0 aliphatic carbocycles. The molecule has 190 valence electrons. The Labute approximate surface area is 232 Å². The molecule has 0 amide bonds. The third kappa shape index (κ3) is 3.69. The van der Waals surface area contributed by atoms with Crippen LogP contribution < -0.4 is 5.01 Å². The number of rotatable bonds is 5. The molecule has 0 radical (unpaired) electrons. The van der Waals surface area contributed by atoms with E-state index in [1.807, 2.05) is 54.0 Å². The van der Waals surface area contributed by atoms with Gasteiger partial charge in [-0.05, 0) is 60.7 Å². The average molecular weight is 537 g/mol. The monoisotopic (exact) mass is 536 g/mol. The van der Waals surface area contributed by atoms with Crippen molar-refractivity contribution >= 4 is 40.2 Å². The third-order valence-electron chi connectivity index (χ3n) is 7.14. The Morgan fingerprint density at radius 1 is 0.763 bits per heavy atom. The zero-order valence-electron chi connectivity index (χ0n) is 21.5. The lowest BCUT2D eigenvalue weighted by Crippen LogP contribution is -2.34. The fourth-order valence-corrected chi connectivity index (χ4v) is 9.25. The van der Waals surface area contributed by atoms with Gasteiger partial charge in [-0.1, -0.05) is 115 Å². The first-order valence-electron chi connectivity index (χ1n) is 12.7. The summed E-state index contributed by atoms with van der Waals surface area (Å²) in [6, 6.07) is 36.0. The fourth-order valence-electron chi connectivity index (χ4n) is 5.52. The highest BCUT2D eigenvalue weighted by molar-refractivity contribution is 8.27. The number of hydrazone groups is 1. The number of hydrogen-bond acceptors (Lipinski definition) is 6. The maximum Gasteiger partial charge on any atom is 0.365 e. The van der Waals surface area contributed by atoms with Crippen LogP contribution in [0.3, 0.4) is 0 Å². The summed E-state index contributed by atoms with van der Waals surface area (Å²) in [5.41, 5.74) is 8.18. The predicted molar refractivity (Wildman–Crippen MR) is 159 cm³/mol. The number of hydrogen-bond donors (Lipinski definition) is 0. The third-order valence-corrected chi connectivity index (χ3v) is 10.4. The van der Waals surface area contributed by atoms with E-state index in [2.05, 4.69) is 86.6 Å². The van der Waals surface area contributed by atoms with Crippen LogP contribution in [-0.4, -0.2) is 17.6 Å². The summed E-state index contributed by atoms with van der Waals surface area (Å²) in [6.45, 7) is 6.49. The van der Waals surface area contributed by atoms with Crippen LogP contribution in [0.15, 0.2) is 108 Å². The van der Waals surface area contributed by atoms with Crippen LogP contribution in [0.1, 0.15) is 40.3 Å². The van der Waals surface area contributed by atoms with Crippen molar-refractivity contribution in [1.29, 1.82) is 0 Å². The highest BCUT2D eigenvalue weighted by Crippen LogP contribution is 2.71. The van der Waals surface area contributed by atoms with Crippen LogP contribution in [0, 0.1) is 13.8 Å². The van der Waals surface area contributed by atoms with Crippen LogP contribution in [0.2, 0.25) is 0 Å². The minimum atomic E-state index is -0.718. The smallest absolute Gasteiger partial charge is 0.365 e. The average Bonchev–Trinajstić information content (AvgIpc) is 3.47. The number of aryl methyl sites for hydroxylation is 2. The first-order chi connectivity index (χ1) is 18.5. The lowest BCUT2D eigenvalue weighted by atomic mass is 9.79. The van der Waals surface area contributed by atoms with Crippen LogP contribution in [0.5, 0.6) is 0 Å². The fraction of sp³-hybridized carbons (Fsp3) is 0.188. The molecule has 0 saturated carbocycles. The van der Waals surface area contributed by atoms with Gasteiger partial charge in [0, 0.05) is 5.56 Å². The van der Waals surface area contributed by atoms with Crippen molar-refractivity contribution in [3.63, 3.8) is 0 Å². The van der Waals surface area contributed by atoms with E-state index in [9.17, 15) is 4.79 Å². The molecule has 6 rings (SSSR count). The molecule has 38 heavy (non-hydrogen) atoms. The van der Waals surface area contributed by atoms with Crippen molar-refractivity contribution in [1.82, 2.24) is 0 Å². The van der Waals surface area contributed by atoms with Crippen molar-refractivity contribution in [3.05, 3.63) is 137 Å². The molecular weight excluding hydrogens is 508 g/mol. The minimum Gasteiger partial charge on any atom is -0.461 e. The second kappa shape index (κ2) is 9.68. The van der Waals surface area contributed by atoms with Crippen molar-refractivity contribution in [3.8, 4) is 0 Å². The summed E-state index contributed by atoms with van der Waals surface area (Å²) in [6.07, 6.45) is 0. The normalized spacial score (nSPS) is 19.3. The summed E-state index contributed by atoms with van der Waals surface area (Å²) in [4.78, 5) is 13.1. The van der Waals surface area contributed by atoms with Crippen LogP contribution in [-0.2, 0) is 18.5 Å². The van der Waals surface area contributed by atoms with Crippen LogP contribution >= 0.6 is 23.5 Å². The summed E-state index contributed by atoms with van der Waals surface area (Å²) in [5.74, 6) is -0.391. The van der Waals surface area contributed by atoms with Gasteiger partial charge >= 0.3 is 5.97 Å². The first kappa shape index (κ1) is 24.8.